The molecule has 0 aromatic heterocycles. The van der Waals surface area contributed by atoms with Gasteiger partial charge in [0.05, 0.1) is 0 Å². The molecule has 0 atom stereocenters. The van der Waals surface area contributed by atoms with E-state index in [9.17, 15) is 9.59 Å². The topological polar surface area (TPSA) is 93.5 Å². The van der Waals surface area contributed by atoms with E-state index in [1.54, 1.807) is 0 Å². The Bertz CT molecular complexity index is 672. The summed E-state index contributed by atoms with van der Waals surface area (Å²) in [5.74, 6) is 0.691. The Morgan fingerprint density at radius 2 is 1.68 bits per heavy atom. The molecule has 0 bridgehead atoms. The van der Waals surface area contributed by atoms with Gasteiger partial charge in [-0.05, 0) is 42.7 Å². The number of urea groups is 1. The van der Waals surface area contributed by atoms with Crippen LogP contribution in [0.5, 0.6) is 5.75 Å². The summed E-state index contributed by atoms with van der Waals surface area (Å²) in [6.07, 6.45) is 1.79. The molecule has 4 N–H and O–H groups in total. The number of anilines is 1. The van der Waals surface area contributed by atoms with Crippen LogP contribution in [0.25, 0.3) is 0 Å². The van der Waals surface area contributed by atoms with Crippen molar-refractivity contribution in [2.75, 3.05) is 11.9 Å². The van der Waals surface area contributed by atoms with Crippen LogP contribution in [0, 0.1) is 0 Å². The van der Waals surface area contributed by atoms with E-state index < -0.39 is 6.03 Å². The summed E-state index contributed by atoms with van der Waals surface area (Å²) in [4.78, 5) is 22.4. The van der Waals surface area contributed by atoms with Gasteiger partial charge in [0.25, 0.3) is 0 Å². The maximum Gasteiger partial charge on any atom is 0.312 e. The standard InChI is InChI=1S/C19H23N3O3/c20-19(24)21-13-5-4-8-18(23)22-16-9-11-17(12-10-16)25-14-15-6-2-1-3-7-15/h1-3,6-7,9-12H,4-5,8,13-14H2,(H,22,23)(H3,20,21,24). The van der Waals surface area contributed by atoms with Crippen molar-refractivity contribution < 1.29 is 14.3 Å². The summed E-state index contributed by atoms with van der Waals surface area (Å²) < 4.78 is 5.71. The quantitative estimate of drug-likeness (QED) is 0.612. The van der Waals surface area contributed by atoms with Crippen LogP contribution < -0.4 is 21.1 Å². The number of amides is 3. The van der Waals surface area contributed by atoms with Crippen molar-refractivity contribution in [1.29, 1.82) is 0 Å². The van der Waals surface area contributed by atoms with Crippen LogP contribution in [0.2, 0.25) is 0 Å². The summed E-state index contributed by atoms with van der Waals surface area (Å²) in [6.45, 7) is 0.988. The van der Waals surface area contributed by atoms with Gasteiger partial charge in [0.15, 0.2) is 0 Å². The van der Waals surface area contributed by atoms with Crippen molar-refractivity contribution in [2.24, 2.45) is 5.73 Å². The minimum Gasteiger partial charge on any atom is -0.489 e. The van der Waals surface area contributed by atoms with E-state index in [0.717, 1.165) is 17.0 Å². The first-order chi connectivity index (χ1) is 12.1. The van der Waals surface area contributed by atoms with E-state index in [1.807, 2.05) is 54.6 Å². The minimum atomic E-state index is -0.543. The van der Waals surface area contributed by atoms with E-state index in [0.29, 0.717) is 32.4 Å². The van der Waals surface area contributed by atoms with Gasteiger partial charge in [0.1, 0.15) is 12.4 Å². The number of ether oxygens (including phenoxy) is 1. The lowest BCUT2D eigenvalue weighted by Crippen LogP contribution is -2.30. The molecule has 2 aromatic rings. The molecule has 25 heavy (non-hydrogen) atoms. The van der Waals surface area contributed by atoms with Crippen molar-refractivity contribution >= 4 is 17.6 Å². The van der Waals surface area contributed by atoms with E-state index in [4.69, 9.17) is 10.5 Å². The summed E-state index contributed by atoms with van der Waals surface area (Å²) in [7, 11) is 0. The third-order valence-corrected chi connectivity index (χ3v) is 3.52. The smallest absolute Gasteiger partial charge is 0.312 e. The van der Waals surface area contributed by atoms with Gasteiger partial charge in [0.2, 0.25) is 5.91 Å². The number of nitrogens with one attached hydrogen (secondary N) is 2. The first kappa shape index (κ1) is 18.3. The SMILES string of the molecule is NC(=O)NCCCCC(=O)Nc1ccc(OCc2ccccc2)cc1. The fraction of sp³-hybridized carbons (Fsp3) is 0.263. The molecular weight excluding hydrogens is 318 g/mol. The highest BCUT2D eigenvalue weighted by atomic mass is 16.5. The maximum atomic E-state index is 11.9. The Kier molecular flexibility index (Phi) is 7.31. The number of carbonyl (C=O) groups excluding carboxylic acids is 2. The normalized spacial score (nSPS) is 10.1. The largest absolute Gasteiger partial charge is 0.489 e. The Labute approximate surface area is 147 Å². The minimum absolute atomic E-state index is 0.0583. The lowest BCUT2D eigenvalue weighted by Gasteiger charge is -2.08. The highest BCUT2D eigenvalue weighted by Gasteiger charge is 2.03. The van der Waals surface area contributed by atoms with E-state index >= 15 is 0 Å². The Balaban J connectivity index is 1.68. The van der Waals surface area contributed by atoms with Gasteiger partial charge in [0, 0.05) is 18.7 Å². The Hall–Kier alpha value is -3.02. The molecule has 0 radical (unpaired) electrons. The number of hydrogen-bond acceptors (Lipinski definition) is 3. The van der Waals surface area contributed by atoms with Crippen LogP contribution in [0.4, 0.5) is 10.5 Å². The predicted octanol–water partition coefficient (Wildman–Crippen LogP) is 3.04. The van der Waals surface area contributed by atoms with Gasteiger partial charge in [-0.1, -0.05) is 30.3 Å². The van der Waals surface area contributed by atoms with Gasteiger partial charge in [-0.25, -0.2) is 4.79 Å². The lowest BCUT2D eigenvalue weighted by atomic mass is 10.2. The molecule has 2 rings (SSSR count). The van der Waals surface area contributed by atoms with Gasteiger partial charge in [-0.3, -0.25) is 4.79 Å². The average molecular weight is 341 g/mol. The van der Waals surface area contributed by atoms with Gasteiger partial charge in [-0.15, -0.1) is 0 Å². The number of primary amides is 1. The zero-order valence-electron chi connectivity index (χ0n) is 14.0. The van der Waals surface area contributed by atoms with E-state index in [1.165, 1.54) is 0 Å². The fourth-order valence-electron chi connectivity index (χ4n) is 2.22. The van der Waals surface area contributed by atoms with Crippen molar-refractivity contribution in [3.05, 3.63) is 60.2 Å². The lowest BCUT2D eigenvalue weighted by molar-refractivity contribution is -0.116. The van der Waals surface area contributed by atoms with Gasteiger partial charge in [-0.2, -0.15) is 0 Å². The van der Waals surface area contributed by atoms with Crippen molar-refractivity contribution in [3.8, 4) is 5.75 Å². The maximum absolute atomic E-state index is 11.9. The highest BCUT2D eigenvalue weighted by molar-refractivity contribution is 5.90. The molecule has 0 heterocycles. The van der Waals surface area contributed by atoms with Crippen molar-refractivity contribution in [1.82, 2.24) is 5.32 Å². The molecule has 0 aliphatic heterocycles. The van der Waals surface area contributed by atoms with Crippen LogP contribution in [0.15, 0.2) is 54.6 Å². The fourth-order valence-corrected chi connectivity index (χ4v) is 2.22. The number of nitrogens with two attached hydrogens (primary N) is 1. The number of benzene rings is 2. The van der Waals surface area contributed by atoms with Gasteiger partial charge < -0.3 is 21.1 Å². The highest BCUT2D eigenvalue weighted by Crippen LogP contribution is 2.17. The zero-order valence-corrected chi connectivity index (χ0v) is 14.0. The van der Waals surface area contributed by atoms with E-state index in [-0.39, 0.29) is 5.91 Å². The molecule has 6 heteroatoms. The third kappa shape index (κ3) is 7.39. The number of hydrogen-bond donors (Lipinski definition) is 3. The number of rotatable bonds is 9. The van der Waals surface area contributed by atoms with Gasteiger partial charge >= 0.3 is 6.03 Å². The molecule has 2 aromatic carbocycles. The van der Waals surface area contributed by atoms with Crippen LogP contribution in [0.1, 0.15) is 24.8 Å². The molecule has 0 aliphatic carbocycles. The molecule has 3 amide bonds. The van der Waals surface area contributed by atoms with Crippen LogP contribution in [0.3, 0.4) is 0 Å². The van der Waals surface area contributed by atoms with E-state index in [2.05, 4.69) is 10.6 Å². The third-order valence-electron chi connectivity index (χ3n) is 3.52. The van der Waals surface area contributed by atoms with Crippen molar-refractivity contribution in [3.63, 3.8) is 0 Å². The molecule has 132 valence electrons. The average Bonchev–Trinajstić information content (AvgIpc) is 2.61. The molecule has 0 saturated heterocycles. The second-order valence-corrected chi connectivity index (χ2v) is 5.59. The van der Waals surface area contributed by atoms with Crippen molar-refractivity contribution in [2.45, 2.75) is 25.9 Å². The molecule has 0 spiro atoms. The molecule has 0 saturated carbocycles. The summed E-state index contributed by atoms with van der Waals surface area (Å²) >= 11 is 0. The second-order valence-electron chi connectivity index (χ2n) is 5.59. The molecule has 0 aliphatic rings. The zero-order chi connectivity index (χ0) is 17.9. The predicted molar refractivity (Wildman–Crippen MR) is 97.3 cm³/mol. The van der Waals surface area contributed by atoms with Crippen LogP contribution >= 0.6 is 0 Å². The first-order valence-electron chi connectivity index (χ1n) is 8.23. The first-order valence-corrected chi connectivity index (χ1v) is 8.23. The summed E-state index contributed by atoms with van der Waals surface area (Å²) in [6, 6.07) is 16.7. The Morgan fingerprint density at radius 3 is 2.36 bits per heavy atom. The second kappa shape index (κ2) is 9.97. The molecule has 0 unspecified atom stereocenters. The van der Waals surface area contributed by atoms with Crippen LogP contribution in [-0.2, 0) is 11.4 Å². The molecule has 6 nitrogen and oxygen atoms in total. The monoisotopic (exact) mass is 341 g/mol. The molecular formula is C19H23N3O3. The summed E-state index contributed by atoms with van der Waals surface area (Å²) in [5, 5.41) is 5.33. The number of carbonyl (C=O) groups is 2. The Morgan fingerprint density at radius 1 is 0.960 bits per heavy atom. The van der Waals surface area contributed by atoms with Crippen LogP contribution in [-0.4, -0.2) is 18.5 Å². The molecule has 0 fully saturated rings. The number of unbranched alkanes of at least 4 members (excludes halogenated alkanes) is 1. The summed E-state index contributed by atoms with van der Waals surface area (Å²) in [5.41, 5.74) is 6.80.